The molecular formula is C10H8F2N4O. The first-order valence-electron chi connectivity index (χ1n) is 4.69. The van der Waals surface area contributed by atoms with Gasteiger partial charge in [-0.15, -0.1) is 20.4 Å². The zero-order valence-corrected chi connectivity index (χ0v) is 9.11. The zero-order chi connectivity index (χ0) is 12.4. The monoisotopic (exact) mass is 238 g/mol. The molecule has 1 aromatic heterocycles. The van der Waals surface area contributed by atoms with Gasteiger partial charge in [0.15, 0.2) is 5.82 Å². The second-order valence-corrected chi connectivity index (χ2v) is 3.24. The summed E-state index contributed by atoms with van der Waals surface area (Å²) in [4.78, 5) is 0. The molecule has 0 atom stereocenters. The summed E-state index contributed by atoms with van der Waals surface area (Å²) in [6.45, 7) is 1.57. The molecule has 1 heterocycles. The Morgan fingerprint density at radius 3 is 2.00 bits per heavy atom. The van der Waals surface area contributed by atoms with Crippen molar-refractivity contribution in [2.45, 2.75) is 6.92 Å². The summed E-state index contributed by atoms with van der Waals surface area (Å²) < 4.78 is 32.0. The number of nitrogens with zero attached hydrogens (tertiary/aromatic N) is 4. The Morgan fingerprint density at radius 1 is 1.00 bits per heavy atom. The molecule has 0 aliphatic rings. The fraction of sp³-hybridized carbons (Fsp3) is 0.200. The van der Waals surface area contributed by atoms with Crippen molar-refractivity contribution >= 4 is 0 Å². The van der Waals surface area contributed by atoms with Crippen LogP contribution in [0.25, 0.3) is 11.4 Å². The van der Waals surface area contributed by atoms with Gasteiger partial charge in [-0.2, -0.15) is 0 Å². The van der Waals surface area contributed by atoms with Crippen LogP contribution in [0, 0.1) is 18.6 Å². The number of halogens is 2. The van der Waals surface area contributed by atoms with Crippen molar-refractivity contribution in [1.82, 2.24) is 20.4 Å². The van der Waals surface area contributed by atoms with Gasteiger partial charge in [0, 0.05) is 12.1 Å². The van der Waals surface area contributed by atoms with Gasteiger partial charge >= 0.3 is 0 Å². The van der Waals surface area contributed by atoms with Crippen molar-refractivity contribution < 1.29 is 13.5 Å². The Hall–Kier alpha value is -2.18. The summed E-state index contributed by atoms with van der Waals surface area (Å²) in [5, 5.41) is 14.3. The van der Waals surface area contributed by atoms with Crippen molar-refractivity contribution in [1.29, 1.82) is 0 Å². The van der Waals surface area contributed by atoms with E-state index in [0.717, 1.165) is 12.1 Å². The number of methoxy groups -OCH3 is 1. The lowest BCUT2D eigenvalue weighted by molar-refractivity contribution is 0.407. The van der Waals surface area contributed by atoms with E-state index in [2.05, 4.69) is 20.4 Å². The van der Waals surface area contributed by atoms with Crippen LogP contribution in [0.1, 0.15) is 5.82 Å². The predicted octanol–water partition coefficient (Wildman–Crippen LogP) is 1.53. The van der Waals surface area contributed by atoms with Gasteiger partial charge in [0.2, 0.25) is 5.82 Å². The standard InChI is InChI=1S/C10H8F2N4O/c1-5-13-15-10(16-14-5)9-7(11)3-6(17-2)4-8(9)12/h3-4H,1-2H3. The van der Waals surface area contributed by atoms with Crippen molar-refractivity contribution in [2.75, 3.05) is 7.11 Å². The van der Waals surface area contributed by atoms with Crippen LogP contribution in [-0.4, -0.2) is 27.5 Å². The summed E-state index contributed by atoms with van der Waals surface area (Å²) in [5.74, 6) is -1.45. The van der Waals surface area contributed by atoms with E-state index < -0.39 is 11.6 Å². The van der Waals surface area contributed by atoms with E-state index in [1.807, 2.05) is 0 Å². The summed E-state index contributed by atoms with van der Waals surface area (Å²) >= 11 is 0. The fourth-order valence-corrected chi connectivity index (χ4v) is 1.26. The molecule has 0 fully saturated rings. The molecule has 2 rings (SSSR count). The first-order valence-corrected chi connectivity index (χ1v) is 4.69. The summed E-state index contributed by atoms with van der Waals surface area (Å²) in [5.41, 5.74) is -0.370. The number of hydrogen-bond acceptors (Lipinski definition) is 5. The van der Waals surface area contributed by atoms with Gasteiger partial charge in [0.1, 0.15) is 17.4 Å². The van der Waals surface area contributed by atoms with E-state index >= 15 is 0 Å². The van der Waals surface area contributed by atoms with Crippen molar-refractivity contribution in [3.8, 4) is 17.1 Å². The Labute approximate surface area is 95.5 Å². The quantitative estimate of drug-likeness (QED) is 0.794. The molecule has 0 spiro atoms. The minimum absolute atomic E-state index is 0.0804. The lowest BCUT2D eigenvalue weighted by atomic mass is 10.2. The van der Waals surface area contributed by atoms with Crippen molar-refractivity contribution in [3.05, 3.63) is 29.6 Å². The zero-order valence-electron chi connectivity index (χ0n) is 9.11. The normalized spacial score (nSPS) is 10.4. The molecule has 0 saturated heterocycles. The summed E-state index contributed by atoms with van der Waals surface area (Å²) in [6, 6.07) is 2.09. The molecule has 0 radical (unpaired) electrons. The van der Waals surface area contributed by atoms with Crippen LogP contribution >= 0.6 is 0 Å². The third kappa shape index (κ3) is 2.17. The molecule has 17 heavy (non-hydrogen) atoms. The smallest absolute Gasteiger partial charge is 0.209 e. The van der Waals surface area contributed by atoms with E-state index in [4.69, 9.17) is 4.74 Å². The summed E-state index contributed by atoms with van der Waals surface area (Å²) in [6.07, 6.45) is 0. The molecule has 0 aliphatic heterocycles. The third-order valence-corrected chi connectivity index (χ3v) is 2.05. The number of aromatic nitrogens is 4. The maximum absolute atomic E-state index is 13.6. The summed E-state index contributed by atoms with van der Waals surface area (Å²) in [7, 11) is 1.32. The van der Waals surface area contributed by atoms with Gasteiger partial charge in [-0.3, -0.25) is 0 Å². The van der Waals surface area contributed by atoms with Crippen LogP contribution in [0.2, 0.25) is 0 Å². The molecular weight excluding hydrogens is 230 g/mol. The number of hydrogen-bond donors (Lipinski definition) is 0. The second kappa shape index (κ2) is 4.36. The van der Waals surface area contributed by atoms with Crippen LogP contribution < -0.4 is 4.74 Å². The molecule has 0 saturated carbocycles. The lowest BCUT2D eigenvalue weighted by Gasteiger charge is -2.05. The van der Waals surface area contributed by atoms with Gasteiger partial charge in [0.25, 0.3) is 0 Å². The lowest BCUT2D eigenvalue weighted by Crippen LogP contribution is -2.02. The molecule has 5 nitrogen and oxygen atoms in total. The SMILES string of the molecule is COc1cc(F)c(-c2nnc(C)nn2)c(F)c1. The average Bonchev–Trinajstić information content (AvgIpc) is 2.30. The van der Waals surface area contributed by atoms with Gasteiger partial charge < -0.3 is 4.74 Å². The van der Waals surface area contributed by atoms with Crippen LogP contribution in [0.5, 0.6) is 5.75 Å². The van der Waals surface area contributed by atoms with Crippen LogP contribution in [0.3, 0.4) is 0 Å². The molecule has 0 N–H and O–H groups in total. The predicted molar refractivity (Wildman–Crippen MR) is 54.3 cm³/mol. The van der Waals surface area contributed by atoms with Crippen molar-refractivity contribution in [3.63, 3.8) is 0 Å². The van der Waals surface area contributed by atoms with Crippen LogP contribution in [0.4, 0.5) is 8.78 Å². The van der Waals surface area contributed by atoms with Gasteiger partial charge in [-0.05, 0) is 6.92 Å². The number of benzene rings is 1. The molecule has 88 valence electrons. The Morgan fingerprint density at radius 2 is 1.53 bits per heavy atom. The Kier molecular flexibility index (Phi) is 2.90. The van der Waals surface area contributed by atoms with Crippen molar-refractivity contribution in [2.24, 2.45) is 0 Å². The van der Waals surface area contributed by atoms with Gasteiger partial charge in [0.05, 0.1) is 12.7 Å². The largest absolute Gasteiger partial charge is 0.497 e. The van der Waals surface area contributed by atoms with E-state index in [1.54, 1.807) is 6.92 Å². The van der Waals surface area contributed by atoms with E-state index in [-0.39, 0.29) is 17.1 Å². The highest BCUT2D eigenvalue weighted by Gasteiger charge is 2.17. The maximum Gasteiger partial charge on any atom is 0.209 e. The first-order chi connectivity index (χ1) is 8.11. The topological polar surface area (TPSA) is 60.8 Å². The second-order valence-electron chi connectivity index (χ2n) is 3.24. The molecule has 2 aromatic rings. The third-order valence-electron chi connectivity index (χ3n) is 2.05. The van der Waals surface area contributed by atoms with Crippen LogP contribution in [-0.2, 0) is 0 Å². The average molecular weight is 238 g/mol. The number of aryl methyl sites for hydroxylation is 1. The van der Waals surface area contributed by atoms with Gasteiger partial charge in [-0.1, -0.05) is 0 Å². The van der Waals surface area contributed by atoms with E-state index in [0.29, 0.717) is 5.82 Å². The van der Waals surface area contributed by atoms with E-state index in [9.17, 15) is 8.78 Å². The highest BCUT2D eigenvalue weighted by atomic mass is 19.1. The molecule has 7 heteroatoms. The molecule has 0 aliphatic carbocycles. The molecule has 0 bridgehead atoms. The molecule has 0 unspecified atom stereocenters. The minimum Gasteiger partial charge on any atom is -0.497 e. The first kappa shape index (κ1) is 11.3. The van der Waals surface area contributed by atoms with Crippen LogP contribution in [0.15, 0.2) is 12.1 Å². The van der Waals surface area contributed by atoms with Gasteiger partial charge in [-0.25, -0.2) is 8.78 Å². The molecule has 0 amide bonds. The number of rotatable bonds is 2. The Bertz CT molecular complexity index is 521. The highest BCUT2D eigenvalue weighted by molar-refractivity contribution is 5.57. The number of ether oxygens (including phenoxy) is 1. The fourth-order valence-electron chi connectivity index (χ4n) is 1.26. The molecule has 1 aromatic carbocycles. The highest BCUT2D eigenvalue weighted by Crippen LogP contribution is 2.26. The Balaban J connectivity index is 2.55. The van der Waals surface area contributed by atoms with E-state index in [1.165, 1.54) is 7.11 Å². The minimum atomic E-state index is -0.825. The maximum atomic E-state index is 13.6.